The number of methoxy groups -OCH3 is 1. The van der Waals surface area contributed by atoms with Crippen LogP contribution >= 0.6 is 22.9 Å². The number of anilines is 2. The molecule has 0 aliphatic heterocycles. The van der Waals surface area contributed by atoms with Crippen LogP contribution in [0.3, 0.4) is 0 Å². The van der Waals surface area contributed by atoms with Gasteiger partial charge < -0.3 is 15.4 Å². The highest BCUT2D eigenvalue weighted by molar-refractivity contribution is 7.16. The molecule has 7 heteroatoms. The second-order valence-corrected chi connectivity index (χ2v) is 5.99. The van der Waals surface area contributed by atoms with Crippen molar-refractivity contribution in [2.24, 2.45) is 0 Å². The predicted octanol–water partition coefficient (Wildman–Crippen LogP) is 2.80. The van der Waals surface area contributed by atoms with E-state index in [0.717, 1.165) is 9.21 Å². The molecule has 2 aromatic heterocycles. The summed E-state index contributed by atoms with van der Waals surface area (Å²) >= 11 is 7.40. The summed E-state index contributed by atoms with van der Waals surface area (Å²) in [6.45, 7) is 0.596. The highest BCUT2D eigenvalue weighted by Gasteiger charge is 2.17. The lowest BCUT2D eigenvalue weighted by Gasteiger charge is -2.19. The third kappa shape index (κ3) is 3.20. The Morgan fingerprint density at radius 1 is 1.55 bits per heavy atom. The minimum atomic E-state index is -0.462. The first kappa shape index (κ1) is 14.6. The predicted molar refractivity (Wildman–Crippen MR) is 81.4 cm³/mol. The molecule has 2 rings (SSSR count). The Bertz CT molecular complexity index is 630. The van der Waals surface area contributed by atoms with Gasteiger partial charge in [-0.25, -0.2) is 9.78 Å². The maximum atomic E-state index is 11.8. The van der Waals surface area contributed by atoms with E-state index in [0.29, 0.717) is 23.6 Å². The SMILES string of the molecule is COC(=O)c1cc(N)cnc1N(C)Cc1ccc(Cl)s1. The number of pyridine rings is 1. The number of nitrogens with zero attached hydrogens (tertiary/aromatic N) is 2. The average Bonchev–Trinajstić information content (AvgIpc) is 2.82. The molecule has 0 radical (unpaired) electrons. The van der Waals surface area contributed by atoms with Gasteiger partial charge in [-0.2, -0.15) is 0 Å². The van der Waals surface area contributed by atoms with Gasteiger partial charge in [0.15, 0.2) is 0 Å². The first-order chi connectivity index (χ1) is 9.51. The first-order valence-corrected chi connectivity index (χ1v) is 7.00. The van der Waals surface area contributed by atoms with Crippen LogP contribution in [-0.2, 0) is 11.3 Å². The van der Waals surface area contributed by atoms with Crippen LogP contribution in [0.1, 0.15) is 15.2 Å². The summed E-state index contributed by atoms with van der Waals surface area (Å²) < 4.78 is 5.49. The average molecular weight is 312 g/mol. The molecule has 0 saturated carbocycles. The van der Waals surface area contributed by atoms with Crippen LogP contribution in [0.5, 0.6) is 0 Å². The minimum Gasteiger partial charge on any atom is -0.465 e. The number of rotatable bonds is 4. The molecule has 0 atom stereocenters. The molecule has 0 unspecified atom stereocenters. The Morgan fingerprint density at radius 3 is 2.90 bits per heavy atom. The standard InChI is InChI=1S/C13H14ClN3O2S/c1-17(7-9-3-4-11(14)20-9)12-10(13(18)19-2)5-8(15)6-16-12/h3-6H,7,15H2,1-2H3. The summed E-state index contributed by atoms with van der Waals surface area (Å²) in [6.07, 6.45) is 1.51. The number of nitrogen functional groups attached to an aromatic ring is 1. The number of ether oxygens (including phenoxy) is 1. The van der Waals surface area contributed by atoms with Crippen LogP contribution < -0.4 is 10.6 Å². The van der Waals surface area contributed by atoms with Gasteiger partial charge in [-0.05, 0) is 18.2 Å². The lowest BCUT2D eigenvalue weighted by atomic mass is 10.2. The van der Waals surface area contributed by atoms with E-state index in [1.54, 1.807) is 6.07 Å². The number of thiophene rings is 1. The number of nitrogens with two attached hydrogens (primary N) is 1. The summed E-state index contributed by atoms with van der Waals surface area (Å²) in [5, 5.41) is 0. The maximum absolute atomic E-state index is 11.8. The molecule has 0 bridgehead atoms. The van der Waals surface area contributed by atoms with E-state index in [9.17, 15) is 4.79 Å². The van der Waals surface area contributed by atoms with E-state index >= 15 is 0 Å². The zero-order valence-corrected chi connectivity index (χ0v) is 12.7. The monoisotopic (exact) mass is 311 g/mol. The lowest BCUT2D eigenvalue weighted by molar-refractivity contribution is 0.0601. The molecule has 0 amide bonds. The molecule has 0 spiro atoms. The van der Waals surface area contributed by atoms with Crippen molar-refractivity contribution in [1.82, 2.24) is 4.98 Å². The number of halogens is 1. The zero-order valence-electron chi connectivity index (χ0n) is 11.1. The molecule has 0 saturated heterocycles. The van der Waals surface area contributed by atoms with Gasteiger partial charge in [0.25, 0.3) is 0 Å². The van der Waals surface area contributed by atoms with Gasteiger partial charge in [-0.15, -0.1) is 11.3 Å². The van der Waals surface area contributed by atoms with Gasteiger partial charge in [0.2, 0.25) is 0 Å². The Morgan fingerprint density at radius 2 is 2.30 bits per heavy atom. The van der Waals surface area contributed by atoms with Crippen molar-refractivity contribution in [3.63, 3.8) is 0 Å². The van der Waals surface area contributed by atoms with Crippen molar-refractivity contribution in [3.8, 4) is 0 Å². The topological polar surface area (TPSA) is 68.5 Å². The number of hydrogen-bond acceptors (Lipinski definition) is 6. The lowest BCUT2D eigenvalue weighted by Crippen LogP contribution is -2.21. The van der Waals surface area contributed by atoms with Crippen molar-refractivity contribution in [1.29, 1.82) is 0 Å². The van der Waals surface area contributed by atoms with Gasteiger partial charge in [0.1, 0.15) is 11.4 Å². The largest absolute Gasteiger partial charge is 0.465 e. The van der Waals surface area contributed by atoms with E-state index in [1.165, 1.54) is 24.6 Å². The van der Waals surface area contributed by atoms with Gasteiger partial charge in [0, 0.05) is 11.9 Å². The van der Waals surface area contributed by atoms with Gasteiger partial charge in [0.05, 0.1) is 29.9 Å². The molecular formula is C13H14ClN3O2S. The molecule has 5 nitrogen and oxygen atoms in total. The Labute approximate surface area is 125 Å². The maximum Gasteiger partial charge on any atom is 0.341 e. The van der Waals surface area contributed by atoms with Crippen molar-refractivity contribution < 1.29 is 9.53 Å². The van der Waals surface area contributed by atoms with Crippen molar-refractivity contribution >= 4 is 40.4 Å². The van der Waals surface area contributed by atoms with Crippen LogP contribution in [-0.4, -0.2) is 25.1 Å². The summed E-state index contributed by atoms with van der Waals surface area (Å²) in [4.78, 5) is 18.9. The molecular weight excluding hydrogens is 298 g/mol. The van der Waals surface area contributed by atoms with Gasteiger partial charge in [-0.1, -0.05) is 11.6 Å². The summed E-state index contributed by atoms with van der Waals surface area (Å²) in [5.74, 6) is 0.0615. The smallest absolute Gasteiger partial charge is 0.341 e. The second-order valence-electron chi connectivity index (χ2n) is 4.19. The van der Waals surface area contributed by atoms with E-state index in [2.05, 4.69) is 4.98 Å². The molecule has 0 aliphatic carbocycles. The van der Waals surface area contributed by atoms with E-state index < -0.39 is 5.97 Å². The van der Waals surface area contributed by atoms with Crippen LogP contribution in [0.4, 0.5) is 11.5 Å². The van der Waals surface area contributed by atoms with E-state index in [1.807, 2.05) is 24.1 Å². The number of carbonyl (C=O) groups excluding carboxylic acids is 1. The highest BCUT2D eigenvalue weighted by atomic mass is 35.5. The van der Waals surface area contributed by atoms with Crippen molar-refractivity contribution in [2.75, 3.05) is 24.8 Å². The van der Waals surface area contributed by atoms with E-state index in [-0.39, 0.29) is 0 Å². The van der Waals surface area contributed by atoms with Crippen LogP contribution in [0.15, 0.2) is 24.4 Å². The number of carbonyl (C=O) groups is 1. The van der Waals surface area contributed by atoms with Crippen molar-refractivity contribution in [2.45, 2.75) is 6.54 Å². The molecule has 0 aromatic carbocycles. The molecule has 2 aromatic rings. The minimum absolute atomic E-state index is 0.345. The van der Waals surface area contributed by atoms with Crippen LogP contribution in [0, 0.1) is 0 Å². The molecule has 106 valence electrons. The summed E-state index contributed by atoms with van der Waals surface area (Å²) in [7, 11) is 3.17. The fourth-order valence-electron chi connectivity index (χ4n) is 1.78. The second kappa shape index (κ2) is 6.11. The van der Waals surface area contributed by atoms with Crippen LogP contribution in [0.25, 0.3) is 0 Å². The van der Waals surface area contributed by atoms with Gasteiger partial charge >= 0.3 is 5.97 Å². The summed E-state index contributed by atoms with van der Waals surface area (Å²) in [5.41, 5.74) is 6.44. The quantitative estimate of drug-likeness (QED) is 0.879. The fraction of sp³-hybridized carbons (Fsp3) is 0.231. The molecule has 2 heterocycles. The Kier molecular flexibility index (Phi) is 4.46. The first-order valence-electron chi connectivity index (χ1n) is 5.80. The normalized spacial score (nSPS) is 10.3. The summed E-state index contributed by atoms with van der Waals surface area (Å²) in [6, 6.07) is 5.34. The zero-order chi connectivity index (χ0) is 14.7. The number of esters is 1. The Balaban J connectivity index is 2.29. The number of hydrogen-bond donors (Lipinski definition) is 1. The van der Waals surface area contributed by atoms with Crippen molar-refractivity contribution in [3.05, 3.63) is 39.2 Å². The fourth-order valence-corrected chi connectivity index (χ4v) is 2.92. The third-order valence-corrected chi connectivity index (χ3v) is 3.89. The highest BCUT2D eigenvalue weighted by Crippen LogP contribution is 2.26. The molecule has 2 N–H and O–H groups in total. The molecule has 20 heavy (non-hydrogen) atoms. The third-order valence-electron chi connectivity index (χ3n) is 2.68. The molecule has 0 fully saturated rings. The van der Waals surface area contributed by atoms with E-state index in [4.69, 9.17) is 22.1 Å². The molecule has 0 aliphatic rings. The number of aromatic nitrogens is 1. The van der Waals surface area contributed by atoms with Crippen LogP contribution in [0.2, 0.25) is 4.34 Å². The van der Waals surface area contributed by atoms with Gasteiger partial charge in [-0.3, -0.25) is 0 Å². The Hall–Kier alpha value is -1.79.